The maximum Gasteiger partial charge on any atom is 0.127 e. The Morgan fingerprint density at radius 3 is 0.500 bits per heavy atom. The summed E-state index contributed by atoms with van der Waals surface area (Å²) in [5.74, 6) is 7.26. The highest BCUT2D eigenvalue weighted by molar-refractivity contribution is 5.42. The van der Waals surface area contributed by atoms with Gasteiger partial charge in [-0.05, 0) is 121 Å². The maximum atomic E-state index is 5.95. The Morgan fingerprint density at radius 1 is 0.237 bits per heavy atom. The molecule has 0 amide bonds. The number of hydrogen-bond acceptors (Lipinski definition) is 6. The molecule has 0 aliphatic carbocycles. The molecule has 0 spiro atoms. The van der Waals surface area contributed by atoms with Crippen molar-refractivity contribution in [2.75, 3.05) is 14.2 Å². The minimum absolute atomic E-state index is 0.699. The van der Waals surface area contributed by atoms with Crippen LogP contribution in [-0.4, -0.2) is 14.2 Å². The molecule has 5 aromatic carbocycles. The molecule has 5 aromatic rings. The van der Waals surface area contributed by atoms with E-state index in [0.29, 0.717) is 34.5 Å². The van der Waals surface area contributed by atoms with Gasteiger partial charge in [0, 0.05) is 0 Å². The second-order valence-corrected chi connectivity index (χ2v) is 8.17. The Morgan fingerprint density at radius 2 is 0.368 bits per heavy atom. The highest BCUT2D eigenvalue weighted by atomic mass is 16.5. The van der Waals surface area contributed by atoms with Crippen molar-refractivity contribution in [2.45, 2.75) is 0 Å². The molecule has 0 fully saturated rings. The molecule has 0 aliphatic rings. The van der Waals surface area contributed by atoms with Gasteiger partial charge >= 0.3 is 0 Å². The standard InChI is InChI=1S/C32H26O6/c1-33-23-3-7-25(8-4-23)35-27-11-15-29(16-12-27)37-31-19-21-32(22-20-31)38-30-17-13-28(14-18-30)36-26-9-5-24(34-2)6-10-26/h3-22H,1-2H3. The molecule has 0 radical (unpaired) electrons. The third kappa shape index (κ3) is 6.56. The van der Waals surface area contributed by atoms with Crippen molar-refractivity contribution >= 4 is 0 Å². The van der Waals surface area contributed by atoms with E-state index in [9.17, 15) is 0 Å². The van der Waals surface area contributed by atoms with E-state index in [-0.39, 0.29) is 0 Å². The highest BCUT2D eigenvalue weighted by Crippen LogP contribution is 2.31. The summed E-state index contributed by atoms with van der Waals surface area (Å²) in [5.41, 5.74) is 0. The minimum Gasteiger partial charge on any atom is -0.497 e. The number of hydrogen-bond donors (Lipinski definition) is 0. The lowest BCUT2D eigenvalue weighted by molar-refractivity contribution is 0.412. The van der Waals surface area contributed by atoms with Gasteiger partial charge in [0.05, 0.1) is 14.2 Å². The van der Waals surface area contributed by atoms with Crippen molar-refractivity contribution in [1.29, 1.82) is 0 Å². The van der Waals surface area contributed by atoms with Crippen molar-refractivity contribution in [3.63, 3.8) is 0 Å². The summed E-state index contributed by atoms with van der Waals surface area (Å²) in [4.78, 5) is 0. The van der Waals surface area contributed by atoms with Crippen LogP contribution in [0.2, 0.25) is 0 Å². The predicted molar refractivity (Wildman–Crippen MR) is 146 cm³/mol. The van der Waals surface area contributed by atoms with Crippen molar-refractivity contribution < 1.29 is 28.4 Å². The van der Waals surface area contributed by atoms with Crippen molar-refractivity contribution in [3.8, 4) is 57.5 Å². The third-order valence-electron chi connectivity index (χ3n) is 5.53. The van der Waals surface area contributed by atoms with E-state index in [1.54, 1.807) is 14.2 Å². The lowest BCUT2D eigenvalue weighted by Crippen LogP contribution is -1.88. The van der Waals surface area contributed by atoms with E-state index in [1.165, 1.54) is 0 Å². The molecule has 190 valence electrons. The zero-order chi connectivity index (χ0) is 26.2. The molecule has 6 nitrogen and oxygen atoms in total. The van der Waals surface area contributed by atoms with Gasteiger partial charge in [-0.2, -0.15) is 0 Å². The van der Waals surface area contributed by atoms with Crippen molar-refractivity contribution in [3.05, 3.63) is 121 Å². The summed E-state index contributed by atoms with van der Waals surface area (Å²) in [6.07, 6.45) is 0. The second-order valence-electron chi connectivity index (χ2n) is 8.17. The third-order valence-corrected chi connectivity index (χ3v) is 5.53. The second kappa shape index (κ2) is 11.8. The fraction of sp³-hybridized carbons (Fsp3) is 0.0625. The van der Waals surface area contributed by atoms with Crippen LogP contribution in [0.5, 0.6) is 57.5 Å². The number of ether oxygens (including phenoxy) is 6. The molecule has 0 bridgehead atoms. The summed E-state index contributed by atoms with van der Waals surface area (Å²) in [7, 11) is 3.27. The van der Waals surface area contributed by atoms with E-state index in [0.717, 1.165) is 23.0 Å². The maximum absolute atomic E-state index is 5.95. The highest BCUT2D eigenvalue weighted by Gasteiger charge is 2.04. The van der Waals surface area contributed by atoms with Crippen LogP contribution in [0.1, 0.15) is 0 Å². The molecule has 6 heteroatoms. The fourth-order valence-electron chi connectivity index (χ4n) is 3.56. The van der Waals surface area contributed by atoms with E-state index >= 15 is 0 Å². The average molecular weight is 507 g/mol. The normalized spacial score (nSPS) is 10.4. The number of benzene rings is 5. The van der Waals surface area contributed by atoms with Crippen molar-refractivity contribution in [2.24, 2.45) is 0 Å². The molecule has 0 saturated carbocycles. The molecule has 0 N–H and O–H groups in total. The molecular formula is C32H26O6. The zero-order valence-corrected chi connectivity index (χ0v) is 21.0. The molecule has 0 unspecified atom stereocenters. The van der Waals surface area contributed by atoms with Crippen molar-refractivity contribution in [1.82, 2.24) is 0 Å². The largest absolute Gasteiger partial charge is 0.497 e. The van der Waals surface area contributed by atoms with E-state index in [4.69, 9.17) is 28.4 Å². The van der Waals surface area contributed by atoms with Crippen LogP contribution in [0.25, 0.3) is 0 Å². The first kappa shape index (κ1) is 24.6. The van der Waals surface area contributed by atoms with Gasteiger partial charge in [-0.15, -0.1) is 0 Å². The predicted octanol–water partition coefficient (Wildman–Crippen LogP) is 8.87. The van der Waals surface area contributed by atoms with Gasteiger partial charge in [-0.3, -0.25) is 0 Å². The molecular weight excluding hydrogens is 480 g/mol. The molecule has 0 aliphatic heterocycles. The molecule has 38 heavy (non-hydrogen) atoms. The van der Waals surface area contributed by atoms with E-state index in [2.05, 4.69) is 0 Å². The van der Waals surface area contributed by atoms with Crippen LogP contribution in [0.4, 0.5) is 0 Å². The first-order valence-corrected chi connectivity index (χ1v) is 12.0. The zero-order valence-electron chi connectivity index (χ0n) is 21.0. The summed E-state index contributed by atoms with van der Waals surface area (Å²) >= 11 is 0. The van der Waals surface area contributed by atoms with Gasteiger partial charge in [0.2, 0.25) is 0 Å². The van der Waals surface area contributed by atoms with Crippen LogP contribution < -0.4 is 28.4 Å². The summed E-state index contributed by atoms with van der Waals surface area (Å²) in [5, 5.41) is 0. The van der Waals surface area contributed by atoms with Crippen LogP contribution in [-0.2, 0) is 0 Å². The van der Waals surface area contributed by atoms with Crippen LogP contribution in [0.3, 0.4) is 0 Å². The Kier molecular flexibility index (Phi) is 7.61. The number of rotatable bonds is 10. The summed E-state index contributed by atoms with van der Waals surface area (Å²) in [6, 6.07) is 37.2. The Hall–Kier alpha value is -5.10. The van der Waals surface area contributed by atoms with E-state index in [1.807, 2.05) is 121 Å². The molecule has 5 rings (SSSR count). The summed E-state index contributed by atoms with van der Waals surface area (Å²) < 4.78 is 34.0. The molecule has 0 heterocycles. The lowest BCUT2D eigenvalue weighted by Gasteiger charge is -2.10. The lowest BCUT2D eigenvalue weighted by atomic mass is 10.3. The van der Waals surface area contributed by atoms with Gasteiger partial charge in [0.15, 0.2) is 0 Å². The quantitative estimate of drug-likeness (QED) is 0.189. The fourth-order valence-corrected chi connectivity index (χ4v) is 3.56. The van der Waals surface area contributed by atoms with Gasteiger partial charge in [-0.1, -0.05) is 0 Å². The van der Waals surface area contributed by atoms with Crippen LogP contribution in [0, 0.1) is 0 Å². The van der Waals surface area contributed by atoms with Gasteiger partial charge in [-0.25, -0.2) is 0 Å². The van der Waals surface area contributed by atoms with Gasteiger partial charge in [0.1, 0.15) is 57.5 Å². The van der Waals surface area contributed by atoms with Crippen LogP contribution in [0.15, 0.2) is 121 Å². The molecule has 0 atom stereocenters. The Bertz CT molecular complexity index is 1310. The summed E-state index contributed by atoms with van der Waals surface area (Å²) in [6.45, 7) is 0. The number of methoxy groups -OCH3 is 2. The molecule has 0 saturated heterocycles. The average Bonchev–Trinajstić information content (AvgIpc) is 2.97. The first-order valence-electron chi connectivity index (χ1n) is 12.0. The van der Waals surface area contributed by atoms with Gasteiger partial charge < -0.3 is 28.4 Å². The SMILES string of the molecule is COc1ccc(Oc2ccc(Oc3ccc(Oc4ccc(Oc5ccc(OC)cc5)cc4)cc3)cc2)cc1. The Balaban J connectivity index is 1.13. The van der Waals surface area contributed by atoms with Gasteiger partial charge in [0.25, 0.3) is 0 Å². The first-order chi connectivity index (χ1) is 18.7. The van der Waals surface area contributed by atoms with E-state index < -0.39 is 0 Å². The topological polar surface area (TPSA) is 55.4 Å². The Labute approximate surface area is 221 Å². The molecule has 0 aromatic heterocycles. The monoisotopic (exact) mass is 506 g/mol. The minimum atomic E-state index is 0.699. The smallest absolute Gasteiger partial charge is 0.127 e. The van der Waals surface area contributed by atoms with Crippen LogP contribution >= 0.6 is 0 Å².